The zero-order valence-corrected chi connectivity index (χ0v) is 23.5. The molecule has 2 rings (SSSR count). The van der Waals surface area contributed by atoms with Crippen molar-refractivity contribution in [1.29, 1.82) is 0 Å². The first-order valence-corrected chi connectivity index (χ1v) is 12.7. The Labute approximate surface area is 234 Å². The fraction of sp³-hybridized carbons (Fsp3) is 0.500. The van der Waals surface area contributed by atoms with Gasteiger partial charge in [0.05, 0.1) is 11.8 Å². The highest BCUT2D eigenvalue weighted by Crippen LogP contribution is 2.26. The quantitative estimate of drug-likeness (QED) is 0.283. The van der Waals surface area contributed by atoms with Gasteiger partial charge in [-0.3, -0.25) is 14.4 Å². The van der Waals surface area contributed by atoms with Gasteiger partial charge < -0.3 is 24.3 Å². The summed E-state index contributed by atoms with van der Waals surface area (Å²) in [5.41, 5.74) is -0.0536. The molecule has 14 heteroatoms. The van der Waals surface area contributed by atoms with Crippen molar-refractivity contribution in [1.82, 2.24) is 10.3 Å². The number of halogens is 3. The van der Waals surface area contributed by atoms with Crippen LogP contribution >= 0.6 is 34.8 Å². The first kappa shape index (κ1) is 31.3. The molecule has 4 atom stereocenters. The van der Waals surface area contributed by atoms with Crippen LogP contribution in [0.4, 0.5) is 0 Å². The van der Waals surface area contributed by atoms with E-state index in [4.69, 9.17) is 53.8 Å². The first-order valence-electron chi connectivity index (χ1n) is 11.5. The van der Waals surface area contributed by atoms with Gasteiger partial charge in [-0.25, -0.2) is 14.6 Å². The Morgan fingerprint density at radius 3 is 2.42 bits per heavy atom. The van der Waals surface area contributed by atoms with E-state index in [0.29, 0.717) is 5.56 Å². The van der Waals surface area contributed by atoms with E-state index in [1.165, 1.54) is 26.1 Å². The maximum Gasteiger partial charge on any atom is 0.357 e. The zero-order valence-electron chi connectivity index (χ0n) is 21.2. The fourth-order valence-electron chi connectivity index (χ4n) is 3.36. The standard InChI is InChI=1S/C24H27Cl3N2O9/c1-6-13-18(38-21(31)10(2)3)12(5)36-23(33)14(9-35-22(13)32)29-20(30)16-17(11(4)7-8-28-16)37-24(34)15(25)19(26)27/h7-8,10,12-14,18H,6,9H2,1-5H3,(H,29,30). The second kappa shape index (κ2) is 13.8. The van der Waals surface area contributed by atoms with Crippen LogP contribution in [0, 0.1) is 18.8 Å². The minimum Gasteiger partial charge on any atom is -0.463 e. The van der Waals surface area contributed by atoms with Crippen LogP contribution < -0.4 is 10.1 Å². The second-order valence-corrected chi connectivity index (χ2v) is 9.97. The Morgan fingerprint density at radius 2 is 1.84 bits per heavy atom. The van der Waals surface area contributed by atoms with E-state index in [-0.39, 0.29) is 17.9 Å². The molecule has 1 aliphatic rings. The third kappa shape index (κ3) is 7.81. The van der Waals surface area contributed by atoms with Gasteiger partial charge in [0.1, 0.15) is 17.2 Å². The van der Waals surface area contributed by atoms with Gasteiger partial charge >= 0.3 is 23.9 Å². The lowest BCUT2D eigenvalue weighted by Crippen LogP contribution is -2.47. The maximum atomic E-state index is 13.1. The highest BCUT2D eigenvalue weighted by atomic mass is 35.5. The van der Waals surface area contributed by atoms with E-state index in [9.17, 15) is 24.0 Å². The average Bonchev–Trinajstić information content (AvgIpc) is 2.89. The number of carbonyl (C=O) groups is 5. The number of hydrogen-bond donors (Lipinski definition) is 1. The summed E-state index contributed by atoms with van der Waals surface area (Å²) in [6.07, 6.45) is -0.629. The van der Waals surface area contributed by atoms with E-state index in [1.807, 2.05) is 0 Å². The molecule has 1 N–H and O–H groups in total. The van der Waals surface area contributed by atoms with Gasteiger partial charge in [-0.2, -0.15) is 0 Å². The monoisotopic (exact) mass is 592 g/mol. The molecule has 0 aliphatic carbocycles. The fourth-order valence-corrected chi connectivity index (χ4v) is 3.55. The molecule has 0 saturated carbocycles. The molecular weight excluding hydrogens is 567 g/mol. The smallest absolute Gasteiger partial charge is 0.357 e. The number of ether oxygens (including phenoxy) is 4. The Kier molecular flexibility index (Phi) is 11.4. The molecule has 1 aromatic rings. The van der Waals surface area contributed by atoms with Crippen molar-refractivity contribution in [2.45, 2.75) is 59.3 Å². The molecule has 1 aromatic heterocycles. The Balaban J connectivity index is 2.31. The summed E-state index contributed by atoms with van der Waals surface area (Å²) in [7, 11) is 0. The third-order valence-corrected chi connectivity index (χ3v) is 6.38. The second-order valence-electron chi connectivity index (χ2n) is 8.64. The molecule has 4 unspecified atom stereocenters. The number of pyridine rings is 1. The zero-order chi connectivity index (χ0) is 28.7. The molecule has 1 fully saturated rings. The number of carbonyl (C=O) groups excluding carboxylic acids is 5. The Bertz CT molecular complexity index is 1140. The van der Waals surface area contributed by atoms with Gasteiger partial charge in [0, 0.05) is 6.20 Å². The number of amides is 1. The largest absolute Gasteiger partial charge is 0.463 e. The van der Waals surface area contributed by atoms with Crippen molar-refractivity contribution in [3.8, 4) is 5.75 Å². The number of aryl methyl sites for hydroxylation is 1. The van der Waals surface area contributed by atoms with E-state index in [2.05, 4.69) is 10.3 Å². The SMILES string of the molecule is CCC1C(=O)OCC(NC(=O)c2nccc(C)c2OC(=O)C(Cl)=C(Cl)Cl)C(=O)OC(C)C1OC(=O)C(C)C. The number of rotatable bonds is 7. The molecule has 0 bridgehead atoms. The summed E-state index contributed by atoms with van der Waals surface area (Å²) in [5.74, 6) is -6.02. The highest BCUT2D eigenvalue weighted by Gasteiger charge is 2.41. The van der Waals surface area contributed by atoms with Crippen molar-refractivity contribution >= 4 is 64.6 Å². The van der Waals surface area contributed by atoms with Crippen LogP contribution in [0.1, 0.15) is 50.2 Å². The maximum absolute atomic E-state index is 13.1. The first-order chi connectivity index (χ1) is 17.8. The Hall–Kier alpha value is -2.89. The molecule has 2 heterocycles. The lowest BCUT2D eigenvalue weighted by molar-refractivity contribution is -0.176. The number of aromatic nitrogens is 1. The van der Waals surface area contributed by atoms with Crippen LogP contribution in [0.15, 0.2) is 21.8 Å². The van der Waals surface area contributed by atoms with Crippen LogP contribution in [-0.2, 0) is 33.4 Å². The van der Waals surface area contributed by atoms with E-state index < -0.39 is 76.0 Å². The number of hydrogen-bond acceptors (Lipinski definition) is 10. The van der Waals surface area contributed by atoms with Gasteiger partial charge in [0.2, 0.25) is 0 Å². The van der Waals surface area contributed by atoms with E-state index >= 15 is 0 Å². The molecule has 0 spiro atoms. The molecule has 0 radical (unpaired) electrons. The van der Waals surface area contributed by atoms with Crippen LogP contribution in [-0.4, -0.2) is 59.6 Å². The molecule has 1 saturated heterocycles. The number of cyclic esters (lactones) is 2. The lowest BCUT2D eigenvalue weighted by atomic mass is 9.95. The molecule has 1 aliphatic heterocycles. The van der Waals surface area contributed by atoms with Crippen LogP contribution in [0.5, 0.6) is 5.75 Å². The van der Waals surface area contributed by atoms with Gasteiger partial charge in [0.25, 0.3) is 5.91 Å². The van der Waals surface area contributed by atoms with Gasteiger partial charge in [-0.05, 0) is 31.9 Å². The van der Waals surface area contributed by atoms with Crippen molar-refractivity contribution in [2.24, 2.45) is 11.8 Å². The average molecular weight is 594 g/mol. The topological polar surface area (TPSA) is 147 Å². The van der Waals surface area contributed by atoms with Crippen molar-refractivity contribution in [3.05, 3.63) is 33.0 Å². The summed E-state index contributed by atoms with van der Waals surface area (Å²) in [6.45, 7) is 7.36. The van der Waals surface area contributed by atoms with Gasteiger partial charge in [-0.15, -0.1) is 0 Å². The van der Waals surface area contributed by atoms with Crippen LogP contribution in [0.2, 0.25) is 0 Å². The minimum atomic E-state index is -1.46. The van der Waals surface area contributed by atoms with Crippen LogP contribution in [0.25, 0.3) is 0 Å². The molecule has 38 heavy (non-hydrogen) atoms. The summed E-state index contributed by atoms with van der Waals surface area (Å²) in [4.78, 5) is 67.2. The van der Waals surface area contributed by atoms with Crippen molar-refractivity contribution in [2.75, 3.05) is 6.61 Å². The minimum absolute atomic E-state index is 0.235. The highest BCUT2D eigenvalue weighted by molar-refractivity contribution is 6.62. The van der Waals surface area contributed by atoms with E-state index in [1.54, 1.807) is 20.8 Å². The van der Waals surface area contributed by atoms with Crippen molar-refractivity contribution < 1.29 is 42.9 Å². The van der Waals surface area contributed by atoms with Gasteiger partial charge in [-0.1, -0.05) is 55.6 Å². The summed E-state index contributed by atoms with van der Waals surface area (Å²) < 4.78 is 20.8. The predicted octanol–water partition coefficient (Wildman–Crippen LogP) is 3.36. The summed E-state index contributed by atoms with van der Waals surface area (Å²) in [5, 5.41) is 1.75. The predicted molar refractivity (Wildman–Crippen MR) is 135 cm³/mol. The Morgan fingerprint density at radius 1 is 1.18 bits per heavy atom. The molecule has 0 aromatic carbocycles. The van der Waals surface area contributed by atoms with E-state index in [0.717, 1.165) is 0 Å². The molecular formula is C24H27Cl3N2O9. The third-order valence-electron chi connectivity index (χ3n) is 5.47. The summed E-state index contributed by atoms with van der Waals surface area (Å²) >= 11 is 16.7. The van der Waals surface area contributed by atoms with Crippen LogP contribution in [0.3, 0.4) is 0 Å². The molecule has 11 nitrogen and oxygen atoms in total. The van der Waals surface area contributed by atoms with Crippen molar-refractivity contribution in [3.63, 3.8) is 0 Å². The summed E-state index contributed by atoms with van der Waals surface area (Å²) in [6, 6.07) is -0.00174. The number of nitrogens with zero attached hydrogens (tertiary/aromatic N) is 1. The molecule has 208 valence electrons. The molecule has 1 amide bonds. The number of nitrogens with one attached hydrogen (secondary N) is 1. The number of esters is 4. The lowest BCUT2D eigenvalue weighted by Gasteiger charge is -2.29. The normalized spacial score (nSPS) is 21.7. The van der Waals surface area contributed by atoms with Gasteiger partial charge in [0.15, 0.2) is 28.6 Å².